The smallest absolute Gasteiger partial charge is 0.240 e. The molecular formula is C20H23FN4O3. The van der Waals surface area contributed by atoms with Crippen molar-refractivity contribution in [3.05, 3.63) is 54.5 Å². The number of nitrogens with zero attached hydrogens (tertiary/aromatic N) is 2. The quantitative estimate of drug-likeness (QED) is 0.729. The average Bonchev–Trinajstić information content (AvgIpc) is 2.64. The molecule has 0 aliphatic carbocycles. The third kappa shape index (κ3) is 6.79. The van der Waals surface area contributed by atoms with Gasteiger partial charge in [0.2, 0.25) is 17.7 Å². The van der Waals surface area contributed by atoms with E-state index in [1.807, 2.05) is 0 Å². The standard InChI is InChI=1S/C20H23FN4O3/c1-14(2)23-19(27)13-25(16-7-5-6-15(21)12-16)20(28)10-9-18(26)24-17-8-3-4-11-22-17/h3-8,11-12,14H,9-10,13H2,1-2H3,(H,23,27)(H,22,24,26). The van der Waals surface area contributed by atoms with Crippen LogP contribution in [-0.2, 0) is 14.4 Å². The van der Waals surface area contributed by atoms with Crippen LogP contribution in [-0.4, -0.2) is 35.3 Å². The normalized spacial score (nSPS) is 10.4. The van der Waals surface area contributed by atoms with Crippen molar-refractivity contribution in [3.8, 4) is 0 Å². The van der Waals surface area contributed by atoms with Crippen molar-refractivity contribution in [2.75, 3.05) is 16.8 Å². The zero-order chi connectivity index (χ0) is 20.5. The molecule has 8 heteroatoms. The largest absolute Gasteiger partial charge is 0.352 e. The van der Waals surface area contributed by atoms with Crippen molar-refractivity contribution < 1.29 is 18.8 Å². The van der Waals surface area contributed by atoms with E-state index in [9.17, 15) is 18.8 Å². The molecule has 0 aliphatic rings. The van der Waals surface area contributed by atoms with Crippen molar-refractivity contribution in [2.24, 2.45) is 0 Å². The summed E-state index contributed by atoms with van der Waals surface area (Å²) in [5.74, 6) is -1.34. The number of hydrogen-bond donors (Lipinski definition) is 2. The first-order valence-corrected chi connectivity index (χ1v) is 8.91. The lowest BCUT2D eigenvalue weighted by atomic mass is 10.2. The fraction of sp³-hybridized carbons (Fsp3) is 0.300. The van der Waals surface area contributed by atoms with Crippen LogP contribution in [0.1, 0.15) is 26.7 Å². The molecule has 2 rings (SSSR count). The molecule has 0 spiro atoms. The molecular weight excluding hydrogens is 363 g/mol. The molecule has 0 fully saturated rings. The Bertz CT molecular complexity index is 827. The molecule has 148 valence electrons. The number of carbonyl (C=O) groups excluding carboxylic acids is 3. The molecule has 1 aromatic heterocycles. The summed E-state index contributed by atoms with van der Waals surface area (Å²) in [6.07, 6.45) is 1.32. The Hall–Kier alpha value is -3.29. The molecule has 2 N–H and O–H groups in total. The molecule has 1 heterocycles. The molecule has 0 aliphatic heterocycles. The van der Waals surface area contributed by atoms with Crippen molar-refractivity contribution in [3.63, 3.8) is 0 Å². The predicted octanol–water partition coefficient (Wildman–Crippen LogP) is 2.50. The van der Waals surface area contributed by atoms with E-state index >= 15 is 0 Å². The van der Waals surface area contributed by atoms with E-state index in [-0.39, 0.29) is 42.9 Å². The van der Waals surface area contributed by atoms with Gasteiger partial charge in [0.1, 0.15) is 18.2 Å². The number of benzene rings is 1. The van der Waals surface area contributed by atoms with Crippen LogP contribution in [0, 0.1) is 5.82 Å². The highest BCUT2D eigenvalue weighted by molar-refractivity contribution is 6.01. The minimum absolute atomic E-state index is 0.0903. The van der Waals surface area contributed by atoms with Crippen LogP contribution in [0.2, 0.25) is 0 Å². The van der Waals surface area contributed by atoms with E-state index in [0.29, 0.717) is 5.82 Å². The Morgan fingerprint density at radius 3 is 2.50 bits per heavy atom. The van der Waals surface area contributed by atoms with Crippen LogP contribution < -0.4 is 15.5 Å². The summed E-state index contributed by atoms with van der Waals surface area (Å²) in [5, 5.41) is 5.29. The number of carbonyl (C=O) groups is 3. The van der Waals surface area contributed by atoms with Gasteiger partial charge in [0.05, 0.1) is 0 Å². The number of aromatic nitrogens is 1. The number of hydrogen-bond acceptors (Lipinski definition) is 4. The SMILES string of the molecule is CC(C)NC(=O)CN(C(=O)CCC(=O)Nc1ccccn1)c1cccc(F)c1. The lowest BCUT2D eigenvalue weighted by Crippen LogP contribution is -2.43. The minimum Gasteiger partial charge on any atom is -0.352 e. The maximum atomic E-state index is 13.6. The second-order valence-corrected chi connectivity index (χ2v) is 6.45. The van der Waals surface area contributed by atoms with Gasteiger partial charge in [-0.05, 0) is 44.2 Å². The maximum Gasteiger partial charge on any atom is 0.240 e. The first-order chi connectivity index (χ1) is 13.3. The zero-order valence-corrected chi connectivity index (χ0v) is 15.8. The summed E-state index contributed by atoms with van der Waals surface area (Å²) in [7, 11) is 0. The maximum absolute atomic E-state index is 13.6. The number of halogens is 1. The molecule has 0 bridgehead atoms. The third-order valence-electron chi connectivity index (χ3n) is 3.67. The highest BCUT2D eigenvalue weighted by Crippen LogP contribution is 2.17. The number of anilines is 2. The molecule has 2 aromatic rings. The summed E-state index contributed by atoms with van der Waals surface area (Å²) >= 11 is 0. The van der Waals surface area contributed by atoms with E-state index in [4.69, 9.17) is 0 Å². The summed E-state index contributed by atoms with van der Waals surface area (Å²) in [5.41, 5.74) is 0.258. The topological polar surface area (TPSA) is 91.4 Å². The minimum atomic E-state index is -0.521. The van der Waals surface area contributed by atoms with Crippen molar-refractivity contribution in [2.45, 2.75) is 32.7 Å². The molecule has 1 aromatic carbocycles. The van der Waals surface area contributed by atoms with Crippen LogP contribution in [0.15, 0.2) is 48.7 Å². The van der Waals surface area contributed by atoms with Crippen LogP contribution >= 0.6 is 0 Å². The first-order valence-electron chi connectivity index (χ1n) is 8.91. The molecule has 3 amide bonds. The number of nitrogens with one attached hydrogen (secondary N) is 2. The van der Waals surface area contributed by atoms with Crippen LogP contribution in [0.25, 0.3) is 0 Å². The van der Waals surface area contributed by atoms with Gasteiger partial charge >= 0.3 is 0 Å². The van der Waals surface area contributed by atoms with Crippen molar-refractivity contribution in [1.29, 1.82) is 0 Å². The van der Waals surface area contributed by atoms with E-state index in [1.165, 1.54) is 29.2 Å². The Balaban J connectivity index is 2.03. The highest BCUT2D eigenvalue weighted by atomic mass is 19.1. The molecule has 0 saturated heterocycles. The van der Waals surface area contributed by atoms with E-state index < -0.39 is 11.7 Å². The monoisotopic (exact) mass is 386 g/mol. The molecule has 0 saturated carbocycles. The fourth-order valence-corrected chi connectivity index (χ4v) is 2.48. The van der Waals surface area contributed by atoms with Crippen LogP contribution in [0.3, 0.4) is 0 Å². The van der Waals surface area contributed by atoms with Crippen molar-refractivity contribution in [1.82, 2.24) is 10.3 Å². The van der Waals surface area contributed by atoms with Crippen molar-refractivity contribution >= 4 is 29.2 Å². The van der Waals surface area contributed by atoms with Gasteiger partial charge in [-0.3, -0.25) is 14.4 Å². The lowest BCUT2D eigenvalue weighted by Gasteiger charge is -2.23. The Kier molecular flexibility index (Phi) is 7.62. The van der Waals surface area contributed by atoms with Gasteiger partial charge in [-0.2, -0.15) is 0 Å². The lowest BCUT2D eigenvalue weighted by molar-refractivity contribution is -0.125. The third-order valence-corrected chi connectivity index (χ3v) is 3.67. The van der Waals surface area contributed by atoms with Gasteiger partial charge in [0.25, 0.3) is 0 Å². The van der Waals surface area contributed by atoms with Crippen LogP contribution in [0.4, 0.5) is 15.9 Å². The molecule has 28 heavy (non-hydrogen) atoms. The van der Waals surface area contributed by atoms with E-state index in [0.717, 1.165) is 0 Å². The Labute approximate surface area is 163 Å². The highest BCUT2D eigenvalue weighted by Gasteiger charge is 2.21. The average molecular weight is 386 g/mol. The number of amides is 3. The molecule has 0 unspecified atom stereocenters. The molecule has 7 nitrogen and oxygen atoms in total. The van der Waals surface area contributed by atoms with E-state index in [2.05, 4.69) is 15.6 Å². The van der Waals surface area contributed by atoms with E-state index in [1.54, 1.807) is 38.2 Å². The molecule has 0 atom stereocenters. The number of pyridine rings is 1. The molecule has 0 radical (unpaired) electrons. The zero-order valence-electron chi connectivity index (χ0n) is 15.8. The van der Waals surface area contributed by atoms with Crippen LogP contribution in [0.5, 0.6) is 0 Å². The summed E-state index contributed by atoms with van der Waals surface area (Å²) < 4.78 is 13.6. The summed E-state index contributed by atoms with van der Waals surface area (Å²) in [6, 6.07) is 10.4. The summed E-state index contributed by atoms with van der Waals surface area (Å²) in [6.45, 7) is 3.34. The predicted molar refractivity (Wildman–Crippen MR) is 104 cm³/mol. The summed E-state index contributed by atoms with van der Waals surface area (Å²) in [4.78, 5) is 42.0. The second kappa shape index (κ2) is 10.1. The van der Waals surface area contributed by atoms with Gasteiger partial charge in [-0.25, -0.2) is 9.37 Å². The Morgan fingerprint density at radius 1 is 1.07 bits per heavy atom. The number of rotatable bonds is 8. The first kappa shape index (κ1) is 21.0. The van der Waals surface area contributed by atoms with Gasteiger partial charge < -0.3 is 15.5 Å². The fourth-order valence-electron chi connectivity index (χ4n) is 2.48. The van der Waals surface area contributed by atoms with Gasteiger partial charge in [0.15, 0.2) is 0 Å². The van der Waals surface area contributed by atoms with Gasteiger partial charge in [0, 0.05) is 30.8 Å². The Morgan fingerprint density at radius 2 is 1.86 bits per heavy atom. The van der Waals surface area contributed by atoms with Gasteiger partial charge in [-0.15, -0.1) is 0 Å². The van der Waals surface area contributed by atoms with Gasteiger partial charge in [-0.1, -0.05) is 12.1 Å². The second-order valence-electron chi connectivity index (χ2n) is 6.45.